The molecule has 2 rings (SSSR count). The third-order valence-corrected chi connectivity index (χ3v) is 4.23. The van der Waals surface area contributed by atoms with Crippen molar-refractivity contribution in [2.75, 3.05) is 12.3 Å². The predicted octanol–water partition coefficient (Wildman–Crippen LogP) is 1.85. The lowest BCUT2D eigenvalue weighted by atomic mass is 10.4. The van der Waals surface area contributed by atoms with Gasteiger partial charge in [-0.3, -0.25) is 4.79 Å². The fourth-order valence-electron chi connectivity index (χ4n) is 1.45. The quantitative estimate of drug-likeness (QED) is 0.786. The Kier molecular flexibility index (Phi) is 5.54. The van der Waals surface area contributed by atoms with Gasteiger partial charge in [0.05, 0.1) is 16.5 Å². The van der Waals surface area contributed by atoms with Crippen LogP contribution in [0.4, 0.5) is 0 Å². The van der Waals surface area contributed by atoms with Crippen LogP contribution in [0.1, 0.15) is 23.5 Å². The highest BCUT2D eigenvalue weighted by atomic mass is 32.2. The number of nitrogens with zero attached hydrogens (tertiary/aromatic N) is 3. The van der Waals surface area contributed by atoms with Crippen LogP contribution in [0.3, 0.4) is 0 Å². The molecule has 0 bridgehead atoms. The van der Waals surface area contributed by atoms with Crippen molar-refractivity contribution in [2.24, 2.45) is 0 Å². The Morgan fingerprint density at radius 1 is 1.50 bits per heavy atom. The molecule has 0 aliphatic heterocycles. The minimum Gasteiger partial charge on any atom is -0.416 e. The van der Waals surface area contributed by atoms with Gasteiger partial charge in [0, 0.05) is 25.3 Å². The minimum atomic E-state index is -0.0434. The Bertz CT molecular complexity index is 567. The summed E-state index contributed by atoms with van der Waals surface area (Å²) in [6.45, 7) is 4.39. The number of thiazole rings is 1. The van der Waals surface area contributed by atoms with Gasteiger partial charge in [0.2, 0.25) is 11.8 Å². The first-order valence-corrected chi connectivity index (χ1v) is 8.16. The summed E-state index contributed by atoms with van der Waals surface area (Å²) in [5.74, 6) is 0.737. The van der Waals surface area contributed by atoms with Crippen LogP contribution in [0.15, 0.2) is 15.0 Å². The lowest BCUT2D eigenvalue weighted by Gasteiger charge is -2.01. The molecule has 0 fully saturated rings. The molecule has 0 unspecified atom stereocenters. The van der Waals surface area contributed by atoms with Crippen molar-refractivity contribution in [3.63, 3.8) is 0 Å². The molecule has 1 N–H and O–H groups in total. The predicted molar refractivity (Wildman–Crippen MR) is 78.0 cm³/mol. The number of thioether (sulfide) groups is 1. The van der Waals surface area contributed by atoms with Gasteiger partial charge in [0.15, 0.2) is 0 Å². The highest BCUT2D eigenvalue weighted by Crippen LogP contribution is 2.15. The van der Waals surface area contributed by atoms with Gasteiger partial charge in [-0.05, 0) is 6.42 Å². The Morgan fingerprint density at radius 2 is 2.35 bits per heavy atom. The van der Waals surface area contributed by atoms with Gasteiger partial charge in [0.1, 0.15) is 0 Å². The maximum atomic E-state index is 11.6. The summed E-state index contributed by atoms with van der Waals surface area (Å²) >= 11 is 2.88. The van der Waals surface area contributed by atoms with Gasteiger partial charge >= 0.3 is 0 Å². The molecule has 20 heavy (non-hydrogen) atoms. The molecule has 0 saturated carbocycles. The summed E-state index contributed by atoms with van der Waals surface area (Å²) in [7, 11) is 0. The van der Waals surface area contributed by atoms with E-state index in [2.05, 4.69) is 32.8 Å². The van der Waals surface area contributed by atoms with Gasteiger partial charge in [0.25, 0.3) is 5.22 Å². The monoisotopic (exact) mass is 312 g/mol. The first-order valence-electron chi connectivity index (χ1n) is 6.30. The van der Waals surface area contributed by atoms with E-state index < -0.39 is 0 Å². The van der Waals surface area contributed by atoms with Crippen molar-refractivity contribution in [3.8, 4) is 0 Å². The van der Waals surface area contributed by atoms with Crippen molar-refractivity contribution in [3.05, 3.63) is 22.0 Å². The molecule has 2 aromatic heterocycles. The second-order valence-corrected chi connectivity index (χ2v) is 5.93. The zero-order valence-corrected chi connectivity index (χ0v) is 13.0. The molecule has 0 aliphatic carbocycles. The van der Waals surface area contributed by atoms with Gasteiger partial charge in [-0.1, -0.05) is 18.7 Å². The Morgan fingerprint density at radius 3 is 3.00 bits per heavy atom. The van der Waals surface area contributed by atoms with Crippen LogP contribution in [-0.2, 0) is 17.6 Å². The summed E-state index contributed by atoms with van der Waals surface area (Å²) in [4.78, 5) is 16.1. The molecular formula is C12H16N4O2S2. The standard InChI is InChI=1S/C12H16N4O2S2/c1-3-9-6-19-11(14-9)4-5-13-10(17)7-20-12-16-15-8(2)18-12/h6H,3-5,7H2,1-2H3,(H,13,17). The van der Waals surface area contributed by atoms with E-state index in [1.54, 1.807) is 18.3 Å². The number of amides is 1. The van der Waals surface area contributed by atoms with Crippen molar-refractivity contribution in [1.29, 1.82) is 0 Å². The highest BCUT2D eigenvalue weighted by Gasteiger charge is 2.08. The lowest BCUT2D eigenvalue weighted by molar-refractivity contribution is -0.118. The normalized spacial score (nSPS) is 10.7. The van der Waals surface area contributed by atoms with Crippen molar-refractivity contribution < 1.29 is 9.21 Å². The second-order valence-electron chi connectivity index (χ2n) is 4.06. The Labute approximate surface area is 125 Å². The minimum absolute atomic E-state index is 0.0434. The van der Waals surface area contributed by atoms with E-state index in [0.29, 0.717) is 17.7 Å². The van der Waals surface area contributed by atoms with Crippen LogP contribution in [0.2, 0.25) is 0 Å². The average Bonchev–Trinajstić information content (AvgIpc) is 3.05. The van der Waals surface area contributed by atoms with Crippen LogP contribution in [0.5, 0.6) is 0 Å². The molecule has 0 atom stereocenters. The number of rotatable bonds is 7. The zero-order chi connectivity index (χ0) is 14.4. The van der Waals surface area contributed by atoms with E-state index in [0.717, 1.165) is 23.5 Å². The molecule has 0 spiro atoms. The fraction of sp³-hybridized carbons (Fsp3) is 0.500. The van der Waals surface area contributed by atoms with E-state index in [4.69, 9.17) is 4.42 Å². The number of carbonyl (C=O) groups is 1. The molecule has 0 radical (unpaired) electrons. The summed E-state index contributed by atoms with van der Waals surface area (Å²) in [5, 5.41) is 13.9. The molecule has 2 aromatic rings. The number of hydrogen-bond donors (Lipinski definition) is 1. The van der Waals surface area contributed by atoms with Crippen LogP contribution >= 0.6 is 23.1 Å². The smallest absolute Gasteiger partial charge is 0.277 e. The molecule has 0 saturated heterocycles. The number of aromatic nitrogens is 3. The van der Waals surface area contributed by atoms with E-state index in [1.807, 2.05) is 0 Å². The van der Waals surface area contributed by atoms with E-state index >= 15 is 0 Å². The van der Waals surface area contributed by atoms with Gasteiger partial charge in [-0.2, -0.15) is 0 Å². The van der Waals surface area contributed by atoms with Crippen LogP contribution in [-0.4, -0.2) is 33.4 Å². The molecule has 8 heteroatoms. The molecule has 6 nitrogen and oxygen atoms in total. The fourth-order valence-corrected chi connectivity index (χ4v) is 2.97. The van der Waals surface area contributed by atoms with Crippen molar-refractivity contribution >= 4 is 29.0 Å². The topological polar surface area (TPSA) is 80.9 Å². The van der Waals surface area contributed by atoms with Gasteiger partial charge < -0.3 is 9.73 Å². The van der Waals surface area contributed by atoms with E-state index in [9.17, 15) is 4.79 Å². The summed E-state index contributed by atoms with van der Waals surface area (Å²) in [5.41, 5.74) is 1.11. The maximum Gasteiger partial charge on any atom is 0.277 e. The maximum absolute atomic E-state index is 11.6. The molecular weight excluding hydrogens is 296 g/mol. The van der Waals surface area contributed by atoms with Gasteiger partial charge in [-0.15, -0.1) is 21.5 Å². The number of hydrogen-bond acceptors (Lipinski definition) is 7. The number of nitrogens with one attached hydrogen (secondary N) is 1. The zero-order valence-electron chi connectivity index (χ0n) is 11.4. The average molecular weight is 312 g/mol. The SMILES string of the molecule is CCc1csc(CCNC(=O)CSc2nnc(C)o2)n1. The van der Waals surface area contributed by atoms with Crippen LogP contribution in [0.25, 0.3) is 0 Å². The van der Waals surface area contributed by atoms with Crippen molar-refractivity contribution in [2.45, 2.75) is 31.9 Å². The summed E-state index contributed by atoms with van der Waals surface area (Å²) in [6.07, 6.45) is 1.71. The molecule has 0 aromatic carbocycles. The first-order chi connectivity index (χ1) is 9.67. The highest BCUT2D eigenvalue weighted by molar-refractivity contribution is 7.99. The molecule has 0 aliphatic rings. The number of carbonyl (C=O) groups excluding carboxylic acids is 1. The Balaban J connectivity index is 1.65. The summed E-state index contributed by atoms with van der Waals surface area (Å²) in [6, 6.07) is 0. The van der Waals surface area contributed by atoms with E-state index in [1.165, 1.54) is 11.8 Å². The van der Waals surface area contributed by atoms with Crippen LogP contribution < -0.4 is 5.32 Å². The van der Waals surface area contributed by atoms with E-state index in [-0.39, 0.29) is 11.7 Å². The third kappa shape index (κ3) is 4.61. The summed E-state index contributed by atoms with van der Waals surface area (Å²) < 4.78 is 5.18. The van der Waals surface area contributed by atoms with Crippen LogP contribution in [0, 0.1) is 6.92 Å². The largest absolute Gasteiger partial charge is 0.416 e. The molecule has 1 amide bonds. The third-order valence-electron chi connectivity index (χ3n) is 2.46. The molecule has 108 valence electrons. The molecule has 2 heterocycles. The lowest BCUT2D eigenvalue weighted by Crippen LogP contribution is -2.27. The first kappa shape index (κ1) is 15.0. The Hall–Kier alpha value is -1.41. The van der Waals surface area contributed by atoms with Gasteiger partial charge in [-0.25, -0.2) is 4.98 Å². The van der Waals surface area contributed by atoms with Crippen molar-refractivity contribution in [1.82, 2.24) is 20.5 Å². The second kappa shape index (κ2) is 7.39. The number of aryl methyl sites for hydroxylation is 2.